The lowest BCUT2D eigenvalue weighted by Crippen LogP contribution is -2.46. The maximum Gasteiger partial charge on any atom is 0.315 e. The van der Waals surface area contributed by atoms with Gasteiger partial charge in [-0.05, 0) is 36.0 Å². The number of benzene rings is 2. The van der Waals surface area contributed by atoms with Crippen LogP contribution < -0.4 is 15.5 Å². The Bertz CT molecular complexity index is 789. The van der Waals surface area contributed by atoms with Gasteiger partial charge in [0.2, 0.25) is 0 Å². The van der Waals surface area contributed by atoms with Gasteiger partial charge in [0, 0.05) is 18.8 Å². The zero-order chi connectivity index (χ0) is 19.2. The number of anilines is 1. The minimum atomic E-state index is -0.712. The molecule has 0 saturated heterocycles. The second-order valence-electron chi connectivity index (χ2n) is 7.30. The topological polar surface area (TPSA) is 61.4 Å². The summed E-state index contributed by atoms with van der Waals surface area (Å²) in [6.07, 6.45) is 1.74. The molecule has 5 nitrogen and oxygen atoms in total. The first-order chi connectivity index (χ1) is 13.1. The Morgan fingerprint density at radius 3 is 2.48 bits per heavy atom. The highest BCUT2D eigenvalue weighted by molar-refractivity contribution is 6.01. The van der Waals surface area contributed by atoms with Gasteiger partial charge in [-0.1, -0.05) is 62.4 Å². The predicted molar refractivity (Wildman–Crippen MR) is 108 cm³/mol. The number of amides is 3. The number of carbonyl (C=O) groups excluding carboxylic acids is 2. The van der Waals surface area contributed by atoms with E-state index in [9.17, 15) is 9.59 Å². The lowest BCUT2D eigenvalue weighted by molar-refractivity contribution is -0.120. The van der Waals surface area contributed by atoms with Crippen molar-refractivity contribution in [1.82, 2.24) is 10.6 Å². The summed E-state index contributed by atoms with van der Waals surface area (Å²) in [6.45, 7) is 5.45. The van der Waals surface area contributed by atoms with Crippen LogP contribution in [0.2, 0.25) is 0 Å². The Kier molecular flexibility index (Phi) is 6.12. The molecule has 1 atom stereocenters. The molecule has 3 rings (SSSR count). The molecule has 0 aliphatic carbocycles. The van der Waals surface area contributed by atoms with Crippen LogP contribution in [0, 0.1) is 5.92 Å². The van der Waals surface area contributed by atoms with Crippen molar-refractivity contribution in [3.63, 3.8) is 0 Å². The van der Waals surface area contributed by atoms with E-state index in [0.717, 1.165) is 24.1 Å². The summed E-state index contributed by atoms with van der Waals surface area (Å²) in [5.41, 5.74) is 2.88. The van der Waals surface area contributed by atoms with E-state index in [2.05, 4.69) is 24.5 Å². The van der Waals surface area contributed by atoms with Crippen molar-refractivity contribution in [2.45, 2.75) is 32.7 Å². The maximum atomic E-state index is 13.3. The fourth-order valence-electron chi connectivity index (χ4n) is 3.31. The molecular formula is C22H27N3O2. The first-order valence-electron chi connectivity index (χ1n) is 9.55. The third-order valence-electron chi connectivity index (χ3n) is 4.82. The number of urea groups is 1. The lowest BCUT2D eigenvalue weighted by Gasteiger charge is -2.25. The van der Waals surface area contributed by atoms with E-state index >= 15 is 0 Å². The molecule has 2 aromatic carbocycles. The fourth-order valence-corrected chi connectivity index (χ4v) is 3.31. The van der Waals surface area contributed by atoms with Crippen LogP contribution in [0.1, 0.15) is 37.4 Å². The first-order valence-corrected chi connectivity index (χ1v) is 9.55. The summed E-state index contributed by atoms with van der Waals surface area (Å²) in [7, 11) is 0. The summed E-state index contributed by atoms with van der Waals surface area (Å²) in [6, 6.07) is 16.3. The van der Waals surface area contributed by atoms with E-state index in [1.807, 2.05) is 54.6 Å². The maximum absolute atomic E-state index is 13.3. The summed E-state index contributed by atoms with van der Waals surface area (Å²) in [5, 5.41) is 5.73. The number of para-hydroxylation sites is 1. The van der Waals surface area contributed by atoms with Crippen molar-refractivity contribution in [1.29, 1.82) is 0 Å². The molecule has 0 fully saturated rings. The zero-order valence-corrected chi connectivity index (χ0v) is 15.9. The smallest absolute Gasteiger partial charge is 0.315 e. The SMILES string of the molecule is CC(C)CCNC(=O)N[C@@H](C(=O)N1CCc2ccccc21)c1ccccc1. The van der Waals surface area contributed by atoms with Crippen molar-refractivity contribution in [2.24, 2.45) is 5.92 Å². The molecule has 5 heteroatoms. The van der Waals surface area contributed by atoms with Crippen LogP contribution in [0.15, 0.2) is 54.6 Å². The van der Waals surface area contributed by atoms with E-state index in [4.69, 9.17) is 0 Å². The number of nitrogens with zero attached hydrogens (tertiary/aromatic N) is 1. The quantitative estimate of drug-likeness (QED) is 0.821. The number of fused-ring (bicyclic) bond motifs is 1. The number of hydrogen-bond donors (Lipinski definition) is 2. The highest BCUT2D eigenvalue weighted by atomic mass is 16.2. The Morgan fingerprint density at radius 1 is 1.04 bits per heavy atom. The Labute approximate surface area is 160 Å². The van der Waals surface area contributed by atoms with E-state index in [1.54, 1.807) is 4.90 Å². The number of rotatable bonds is 6. The molecule has 0 bridgehead atoms. The van der Waals surface area contributed by atoms with Crippen LogP contribution in [0.5, 0.6) is 0 Å². The van der Waals surface area contributed by atoms with Crippen molar-refractivity contribution < 1.29 is 9.59 Å². The van der Waals surface area contributed by atoms with Gasteiger partial charge in [-0.15, -0.1) is 0 Å². The summed E-state index contributed by atoms with van der Waals surface area (Å²) in [4.78, 5) is 27.5. The highest BCUT2D eigenvalue weighted by Gasteiger charge is 2.31. The van der Waals surface area contributed by atoms with Gasteiger partial charge in [0.25, 0.3) is 5.91 Å². The molecule has 142 valence electrons. The van der Waals surface area contributed by atoms with Gasteiger partial charge in [-0.2, -0.15) is 0 Å². The average Bonchev–Trinajstić information content (AvgIpc) is 3.10. The Hall–Kier alpha value is -2.82. The number of carbonyl (C=O) groups is 2. The second-order valence-corrected chi connectivity index (χ2v) is 7.30. The third kappa shape index (κ3) is 4.67. The van der Waals surface area contributed by atoms with Gasteiger partial charge in [-0.25, -0.2) is 4.79 Å². The molecule has 0 radical (unpaired) electrons. The van der Waals surface area contributed by atoms with Gasteiger partial charge in [0.05, 0.1) is 0 Å². The standard InChI is InChI=1S/C22H27N3O2/c1-16(2)12-14-23-22(27)24-20(18-9-4-3-5-10-18)21(26)25-15-13-17-8-6-7-11-19(17)25/h3-11,16,20H,12-15H2,1-2H3,(H2,23,24,27)/t20-/m1/s1. The molecule has 1 aliphatic rings. The molecule has 0 aromatic heterocycles. The van der Waals surface area contributed by atoms with Crippen LogP contribution in [0.3, 0.4) is 0 Å². The van der Waals surface area contributed by atoms with Crippen LogP contribution >= 0.6 is 0 Å². The van der Waals surface area contributed by atoms with E-state index in [-0.39, 0.29) is 11.9 Å². The summed E-state index contributed by atoms with van der Waals surface area (Å²) in [5.74, 6) is 0.406. The van der Waals surface area contributed by atoms with E-state index in [0.29, 0.717) is 19.0 Å². The van der Waals surface area contributed by atoms with Gasteiger partial charge < -0.3 is 15.5 Å². The summed E-state index contributed by atoms with van der Waals surface area (Å²) >= 11 is 0. The van der Waals surface area contributed by atoms with Crippen molar-refractivity contribution in [3.05, 3.63) is 65.7 Å². The van der Waals surface area contributed by atoms with Gasteiger partial charge >= 0.3 is 6.03 Å². The van der Waals surface area contributed by atoms with Crippen LogP contribution in [-0.4, -0.2) is 25.0 Å². The zero-order valence-electron chi connectivity index (χ0n) is 15.9. The molecule has 2 N–H and O–H groups in total. The minimum absolute atomic E-state index is 0.106. The number of nitrogens with one attached hydrogen (secondary N) is 2. The average molecular weight is 365 g/mol. The number of hydrogen-bond acceptors (Lipinski definition) is 2. The Morgan fingerprint density at radius 2 is 1.74 bits per heavy atom. The van der Waals surface area contributed by atoms with Crippen LogP contribution in [0.4, 0.5) is 10.5 Å². The monoisotopic (exact) mass is 365 g/mol. The van der Waals surface area contributed by atoms with Gasteiger partial charge in [-0.3, -0.25) is 4.79 Å². The van der Waals surface area contributed by atoms with Crippen molar-refractivity contribution >= 4 is 17.6 Å². The van der Waals surface area contributed by atoms with Crippen LogP contribution in [0.25, 0.3) is 0 Å². The molecule has 27 heavy (non-hydrogen) atoms. The minimum Gasteiger partial charge on any atom is -0.338 e. The molecule has 0 saturated carbocycles. The molecule has 1 aliphatic heterocycles. The van der Waals surface area contributed by atoms with Gasteiger partial charge in [0.1, 0.15) is 6.04 Å². The van der Waals surface area contributed by atoms with E-state index in [1.165, 1.54) is 5.56 Å². The molecule has 0 unspecified atom stereocenters. The molecule has 1 heterocycles. The normalized spacial score (nSPS) is 14.0. The largest absolute Gasteiger partial charge is 0.338 e. The summed E-state index contributed by atoms with van der Waals surface area (Å²) < 4.78 is 0. The molecule has 2 aromatic rings. The molecule has 3 amide bonds. The molecule has 0 spiro atoms. The molecular weight excluding hydrogens is 338 g/mol. The van der Waals surface area contributed by atoms with E-state index < -0.39 is 6.04 Å². The Balaban J connectivity index is 1.77. The fraction of sp³-hybridized carbons (Fsp3) is 0.364. The first kappa shape index (κ1) is 19.0. The van der Waals surface area contributed by atoms with Gasteiger partial charge in [0.15, 0.2) is 0 Å². The lowest BCUT2D eigenvalue weighted by atomic mass is 10.1. The van der Waals surface area contributed by atoms with Crippen molar-refractivity contribution in [3.8, 4) is 0 Å². The highest BCUT2D eigenvalue weighted by Crippen LogP contribution is 2.30. The third-order valence-corrected chi connectivity index (χ3v) is 4.82. The van der Waals surface area contributed by atoms with Crippen molar-refractivity contribution in [2.75, 3.05) is 18.0 Å². The predicted octanol–water partition coefficient (Wildman–Crippen LogP) is 3.66. The van der Waals surface area contributed by atoms with Crippen LogP contribution in [-0.2, 0) is 11.2 Å². The second kappa shape index (κ2) is 8.71.